The molecule has 0 saturated heterocycles. The number of ether oxygens (including phenoxy) is 2. The molecule has 4 rings (SSSR count). The summed E-state index contributed by atoms with van der Waals surface area (Å²) in [4.78, 5) is 8.97. The molecule has 0 aliphatic heterocycles. The van der Waals surface area contributed by atoms with Crippen LogP contribution in [0.4, 0.5) is 4.39 Å². The molecule has 0 aliphatic carbocycles. The van der Waals surface area contributed by atoms with Crippen LogP contribution in [0, 0.1) is 12.7 Å². The molecule has 4 aromatic rings. The molecule has 0 saturated carbocycles. The van der Waals surface area contributed by atoms with E-state index in [2.05, 4.69) is 20.2 Å². The molecule has 0 aliphatic rings. The van der Waals surface area contributed by atoms with Crippen LogP contribution in [0.15, 0.2) is 24.3 Å². The van der Waals surface area contributed by atoms with Gasteiger partial charge in [-0.15, -0.1) is 21.5 Å². The van der Waals surface area contributed by atoms with E-state index < -0.39 is 5.82 Å². The molecule has 0 spiro atoms. The van der Waals surface area contributed by atoms with E-state index in [1.807, 2.05) is 19.1 Å². The second-order valence-corrected chi connectivity index (χ2v) is 6.85. The van der Waals surface area contributed by atoms with Crippen LogP contribution in [-0.2, 0) is 11.3 Å². The largest absolute Gasteiger partial charge is 0.497 e. The average molecular weight is 370 g/mol. The van der Waals surface area contributed by atoms with Crippen LogP contribution in [0.25, 0.3) is 31.8 Å². The molecule has 2 heterocycles. The van der Waals surface area contributed by atoms with Gasteiger partial charge in [-0.1, -0.05) is 0 Å². The maximum absolute atomic E-state index is 14.3. The molecule has 0 atom stereocenters. The van der Waals surface area contributed by atoms with Crippen LogP contribution >= 0.6 is 11.3 Å². The van der Waals surface area contributed by atoms with Crippen LogP contribution in [0.2, 0.25) is 0 Å². The first-order valence-electron chi connectivity index (χ1n) is 7.86. The lowest BCUT2D eigenvalue weighted by Gasteiger charge is -2.05. The van der Waals surface area contributed by atoms with E-state index in [1.165, 1.54) is 24.5 Å². The van der Waals surface area contributed by atoms with Crippen molar-refractivity contribution in [2.24, 2.45) is 0 Å². The fourth-order valence-electron chi connectivity index (χ4n) is 2.77. The monoisotopic (exact) mass is 370 g/mol. The average Bonchev–Trinajstić information content (AvgIpc) is 3.05. The van der Waals surface area contributed by atoms with Gasteiger partial charge in [-0.2, -0.15) is 0 Å². The second kappa shape index (κ2) is 6.54. The predicted molar refractivity (Wildman–Crippen MR) is 97.9 cm³/mol. The van der Waals surface area contributed by atoms with E-state index in [-0.39, 0.29) is 0 Å². The third-order valence-electron chi connectivity index (χ3n) is 3.91. The van der Waals surface area contributed by atoms with Crippen molar-refractivity contribution in [2.45, 2.75) is 13.5 Å². The summed E-state index contributed by atoms with van der Waals surface area (Å²) >= 11 is 1.38. The standard InChI is InChI=1S/C18H15FN4O2S/c1-9-4-11(16-13(5-9)20-15(8-24-2)22-23-16)18-21-17-12(19)6-10(25-3)7-14(17)26-18/h4-7H,8H2,1-3H3. The molecule has 0 fully saturated rings. The number of fused-ring (bicyclic) bond motifs is 2. The van der Waals surface area contributed by atoms with E-state index in [1.54, 1.807) is 13.2 Å². The lowest BCUT2D eigenvalue weighted by Crippen LogP contribution is -2.01. The lowest BCUT2D eigenvalue weighted by molar-refractivity contribution is 0.177. The second-order valence-electron chi connectivity index (χ2n) is 5.82. The SMILES string of the molecule is COCc1nnc2c(-c3nc4c(F)cc(OC)cc4s3)cc(C)cc2n1. The molecule has 0 bridgehead atoms. The highest BCUT2D eigenvalue weighted by molar-refractivity contribution is 7.21. The summed E-state index contributed by atoms with van der Waals surface area (Å²) < 4.78 is 25.2. The first-order valence-corrected chi connectivity index (χ1v) is 8.68. The number of aromatic nitrogens is 4. The maximum Gasteiger partial charge on any atom is 0.177 e. The Bertz CT molecular complexity index is 1130. The van der Waals surface area contributed by atoms with E-state index in [4.69, 9.17) is 9.47 Å². The lowest BCUT2D eigenvalue weighted by atomic mass is 10.1. The topological polar surface area (TPSA) is 70.0 Å². The Morgan fingerprint density at radius 2 is 1.88 bits per heavy atom. The number of aryl methyl sites for hydroxylation is 1. The number of benzene rings is 2. The molecule has 0 N–H and O–H groups in total. The Morgan fingerprint density at radius 3 is 2.65 bits per heavy atom. The highest BCUT2D eigenvalue weighted by atomic mass is 32.1. The number of nitrogens with zero attached hydrogens (tertiary/aromatic N) is 4. The zero-order chi connectivity index (χ0) is 18.3. The molecule has 0 radical (unpaired) electrons. The smallest absolute Gasteiger partial charge is 0.177 e. The summed E-state index contributed by atoms with van der Waals surface area (Å²) in [5.74, 6) is 0.562. The number of rotatable bonds is 4. The Hall–Kier alpha value is -2.71. The normalized spacial score (nSPS) is 11.4. The van der Waals surface area contributed by atoms with E-state index in [9.17, 15) is 4.39 Å². The summed E-state index contributed by atoms with van der Waals surface area (Å²) in [5.41, 5.74) is 3.44. The van der Waals surface area contributed by atoms with Gasteiger partial charge in [0.2, 0.25) is 0 Å². The van der Waals surface area contributed by atoms with Crippen molar-refractivity contribution in [1.82, 2.24) is 20.2 Å². The molecule has 132 valence electrons. The van der Waals surface area contributed by atoms with E-state index >= 15 is 0 Å². The Kier molecular flexibility index (Phi) is 4.21. The third-order valence-corrected chi connectivity index (χ3v) is 4.95. The first kappa shape index (κ1) is 16.7. The molecule has 8 heteroatoms. The van der Waals surface area contributed by atoms with Gasteiger partial charge in [-0.05, 0) is 30.7 Å². The number of methoxy groups -OCH3 is 2. The van der Waals surface area contributed by atoms with Crippen LogP contribution in [0.1, 0.15) is 11.4 Å². The quantitative estimate of drug-likeness (QED) is 0.543. The minimum absolute atomic E-state index is 0.290. The van der Waals surface area contributed by atoms with Gasteiger partial charge in [0.25, 0.3) is 0 Å². The molecule has 2 aromatic heterocycles. The van der Waals surface area contributed by atoms with Gasteiger partial charge in [-0.25, -0.2) is 14.4 Å². The minimum atomic E-state index is -0.412. The van der Waals surface area contributed by atoms with Gasteiger partial charge >= 0.3 is 0 Å². The zero-order valence-electron chi connectivity index (χ0n) is 14.4. The van der Waals surface area contributed by atoms with Crippen molar-refractivity contribution in [3.8, 4) is 16.3 Å². The molecule has 0 amide bonds. The van der Waals surface area contributed by atoms with Crippen molar-refractivity contribution in [2.75, 3.05) is 14.2 Å². The van der Waals surface area contributed by atoms with Gasteiger partial charge in [0.05, 0.1) is 17.3 Å². The Balaban J connectivity index is 1.93. The van der Waals surface area contributed by atoms with Gasteiger partial charge in [0.15, 0.2) is 11.6 Å². The third kappa shape index (κ3) is 2.87. The summed E-state index contributed by atoms with van der Waals surface area (Å²) in [6.45, 7) is 2.26. The molecule has 6 nitrogen and oxygen atoms in total. The van der Waals surface area contributed by atoms with Crippen molar-refractivity contribution in [3.63, 3.8) is 0 Å². The summed E-state index contributed by atoms with van der Waals surface area (Å²) in [7, 11) is 3.09. The van der Waals surface area contributed by atoms with E-state index in [0.29, 0.717) is 44.4 Å². The fraction of sp³-hybridized carbons (Fsp3) is 0.222. The highest BCUT2D eigenvalue weighted by Crippen LogP contribution is 2.36. The van der Waals surface area contributed by atoms with Crippen molar-refractivity contribution in [1.29, 1.82) is 0 Å². The number of hydrogen-bond donors (Lipinski definition) is 0. The number of thiazole rings is 1. The van der Waals surface area contributed by atoms with Crippen molar-refractivity contribution >= 4 is 32.6 Å². The molecule has 0 unspecified atom stereocenters. The van der Waals surface area contributed by atoms with Gasteiger partial charge in [0, 0.05) is 18.7 Å². The maximum atomic E-state index is 14.3. The summed E-state index contributed by atoms with van der Waals surface area (Å²) in [6.07, 6.45) is 0. The number of halogens is 1. The van der Waals surface area contributed by atoms with Crippen LogP contribution in [0.3, 0.4) is 0 Å². The van der Waals surface area contributed by atoms with Crippen molar-refractivity contribution < 1.29 is 13.9 Å². The fourth-order valence-corrected chi connectivity index (χ4v) is 3.80. The summed E-state index contributed by atoms with van der Waals surface area (Å²) in [6, 6.07) is 7.00. The molecular formula is C18H15FN4O2S. The predicted octanol–water partition coefficient (Wildman–Crippen LogP) is 3.90. The van der Waals surface area contributed by atoms with Crippen molar-refractivity contribution in [3.05, 3.63) is 41.5 Å². The highest BCUT2D eigenvalue weighted by Gasteiger charge is 2.16. The summed E-state index contributed by atoms with van der Waals surface area (Å²) in [5, 5.41) is 9.07. The molecule has 2 aromatic carbocycles. The minimum Gasteiger partial charge on any atom is -0.497 e. The van der Waals surface area contributed by atoms with E-state index in [0.717, 1.165) is 11.1 Å². The van der Waals surface area contributed by atoms with Crippen LogP contribution in [-0.4, -0.2) is 34.4 Å². The zero-order valence-corrected chi connectivity index (χ0v) is 15.2. The van der Waals surface area contributed by atoms with Gasteiger partial charge in [0.1, 0.15) is 28.4 Å². The Labute approximate surface area is 152 Å². The van der Waals surface area contributed by atoms with Crippen LogP contribution < -0.4 is 4.74 Å². The van der Waals surface area contributed by atoms with Crippen LogP contribution in [0.5, 0.6) is 5.75 Å². The Morgan fingerprint density at radius 1 is 1.04 bits per heavy atom. The first-order chi connectivity index (χ1) is 12.6. The van der Waals surface area contributed by atoms with Gasteiger partial charge < -0.3 is 9.47 Å². The molecule has 26 heavy (non-hydrogen) atoms. The number of hydrogen-bond acceptors (Lipinski definition) is 7. The van der Waals surface area contributed by atoms with Gasteiger partial charge in [-0.3, -0.25) is 0 Å². The molecular weight excluding hydrogens is 355 g/mol.